The number of nitrogens with one attached hydrogen (secondary N) is 1. The van der Waals surface area contributed by atoms with Crippen molar-refractivity contribution >= 4 is 23.2 Å². The van der Waals surface area contributed by atoms with Gasteiger partial charge in [0.25, 0.3) is 0 Å². The maximum Gasteiger partial charge on any atom is 0.147 e. The standard InChI is InChI=1S/C15H14Cl2FNO/c1-9(19-2)12-8-11(18)4-6-14(12)20-15-7-10(16)3-5-13(15)17/h3-9,19H,1-2H3. The Hall–Kier alpha value is -1.29. The minimum atomic E-state index is -0.313. The van der Waals surface area contributed by atoms with Gasteiger partial charge < -0.3 is 10.1 Å². The van der Waals surface area contributed by atoms with Crippen molar-refractivity contribution in [3.05, 3.63) is 57.8 Å². The lowest BCUT2D eigenvalue weighted by molar-refractivity contribution is 0.463. The molecule has 0 aliphatic heterocycles. The van der Waals surface area contributed by atoms with Crippen LogP contribution in [0.15, 0.2) is 36.4 Å². The largest absolute Gasteiger partial charge is 0.455 e. The third-order valence-corrected chi connectivity index (χ3v) is 3.53. The van der Waals surface area contributed by atoms with Crippen LogP contribution < -0.4 is 10.1 Å². The molecule has 0 bridgehead atoms. The fourth-order valence-electron chi connectivity index (χ4n) is 1.78. The molecule has 2 nitrogen and oxygen atoms in total. The average molecular weight is 314 g/mol. The quantitative estimate of drug-likeness (QED) is 0.837. The van der Waals surface area contributed by atoms with Gasteiger partial charge in [-0.25, -0.2) is 4.39 Å². The Kier molecular flexibility index (Phi) is 4.86. The molecule has 5 heteroatoms. The predicted octanol–water partition coefficient (Wildman–Crippen LogP) is 5.21. The molecule has 0 aliphatic rings. The maximum atomic E-state index is 13.4. The minimum absolute atomic E-state index is 0.0568. The molecule has 1 N–H and O–H groups in total. The number of benzene rings is 2. The van der Waals surface area contributed by atoms with Gasteiger partial charge in [-0.3, -0.25) is 0 Å². The number of halogens is 3. The molecule has 0 radical (unpaired) electrons. The molecule has 0 saturated heterocycles. The number of hydrogen-bond donors (Lipinski definition) is 1. The van der Waals surface area contributed by atoms with Crippen LogP contribution in [-0.2, 0) is 0 Å². The van der Waals surface area contributed by atoms with E-state index in [4.69, 9.17) is 27.9 Å². The molecule has 106 valence electrons. The molecule has 20 heavy (non-hydrogen) atoms. The lowest BCUT2D eigenvalue weighted by Gasteiger charge is -2.17. The van der Waals surface area contributed by atoms with Crippen LogP contribution in [0.5, 0.6) is 11.5 Å². The van der Waals surface area contributed by atoms with Crippen molar-refractivity contribution in [2.75, 3.05) is 7.05 Å². The molecule has 1 atom stereocenters. The molecule has 2 aromatic rings. The molecule has 1 unspecified atom stereocenters. The van der Waals surface area contributed by atoms with Crippen LogP contribution in [0.1, 0.15) is 18.5 Å². The van der Waals surface area contributed by atoms with Crippen molar-refractivity contribution in [3.63, 3.8) is 0 Å². The van der Waals surface area contributed by atoms with E-state index >= 15 is 0 Å². The van der Waals surface area contributed by atoms with E-state index in [1.54, 1.807) is 31.3 Å². The van der Waals surface area contributed by atoms with Crippen molar-refractivity contribution in [2.45, 2.75) is 13.0 Å². The smallest absolute Gasteiger partial charge is 0.147 e. The summed E-state index contributed by atoms with van der Waals surface area (Å²) in [7, 11) is 1.80. The first kappa shape index (κ1) is 15.1. The number of hydrogen-bond acceptors (Lipinski definition) is 2. The summed E-state index contributed by atoms with van der Waals surface area (Å²) in [6.07, 6.45) is 0. The molecule has 0 fully saturated rings. The van der Waals surface area contributed by atoms with Crippen LogP contribution in [-0.4, -0.2) is 7.05 Å². The lowest BCUT2D eigenvalue weighted by Crippen LogP contribution is -2.13. The highest BCUT2D eigenvalue weighted by atomic mass is 35.5. The second-order valence-electron chi connectivity index (χ2n) is 4.37. The van der Waals surface area contributed by atoms with Crippen molar-refractivity contribution in [1.82, 2.24) is 5.32 Å². The zero-order valence-electron chi connectivity index (χ0n) is 11.1. The Labute approximate surface area is 127 Å². The summed E-state index contributed by atoms with van der Waals surface area (Å²) in [5.74, 6) is 0.666. The highest BCUT2D eigenvalue weighted by Gasteiger charge is 2.13. The molecule has 0 aliphatic carbocycles. The van der Waals surface area contributed by atoms with Gasteiger partial charge in [0.2, 0.25) is 0 Å². The van der Waals surface area contributed by atoms with Gasteiger partial charge in [-0.15, -0.1) is 0 Å². The van der Waals surface area contributed by atoms with Crippen molar-refractivity contribution < 1.29 is 9.13 Å². The first-order valence-corrected chi connectivity index (χ1v) is 6.86. The van der Waals surface area contributed by atoms with E-state index in [-0.39, 0.29) is 11.9 Å². The summed E-state index contributed by atoms with van der Waals surface area (Å²) in [5.41, 5.74) is 0.712. The third-order valence-electron chi connectivity index (χ3n) is 2.98. The molecule has 0 aromatic heterocycles. The average Bonchev–Trinajstić information content (AvgIpc) is 2.43. The second-order valence-corrected chi connectivity index (χ2v) is 5.21. The monoisotopic (exact) mass is 313 g/mol. The fraction of sp³-hybridized carbons (Fsp3) is 0.200. The van der Waals surface area contributed by atoms with Gasteiger partial charge in [-0.2, -0.15) is 0 Å². The van der Waals surface area contributed by atoms with Gasteiger partial charge in [0.15, 0.2) is 0 Å². The highest BCUT2D eigenvalue weighted by molar-refractivity contribution is 6.34. The molecule has 0 heterocycles. The van der Waals surface area contributed by atoms with Gasteiger partial charge in [0, 0.05) is 22.7 Å². The second kappa shape index (κ2) is 6.44. The third kappa shape index (κ3) is 3.42. The molecule has 0 spiro atoms. The van der Waals surface area contributed by atoms with Crippen LogP contribution in [0.4, 0.5) is 4.39 Å². The van der Waals surface area contributed by atoms with Crippen molar-refractivity contribution in [1.29, 1.82) is 0 Å². The van der Waals surface area contributed by atoms with Gasteiger partial charge in [-0.1, -0.05) is 23.2 Å². The predicted molar refractivity (Wildman–Crippen MR) is 80.4 cm³/mol. The summed E-state index contributed by atoms with van der Waals surface area (Å²) in [4.78, 5) is 0. The first-order valence-electron chi connectivity index (χ1n) is 6.11. The van der Waals surface area contributed by atoms with Crippen LogP contribution in [0.25, 0.3) is 0 Å². The van der Waals surface area contributed by atoms with E-state index in [2.05, 4.69) is 5.32 Å². The van der Waals surface area contributed by atoms with Crippen molar-refractivity contribution in [2.24, 2.45) is 0 Å². The topological polar surface area (TPSA) is 21.3 Å². The summed E-state index contributed by atoms with van der Waals surface area (Å²) >= 11 is 12.0. The van der Waals surface area contributed by atoms with Gasteiger partial charge in [0.05, 0.1) is 5.02 Å². The van der Waals surface area contributed by atoms with Crippen LogP contribution in [0, 0.1) is 5.82 Å². The summed E-state index contributed by atoms with van der Waals surface area (Å²) in [5, 5.41) is 4.02. The summed E-state index contributed by atoms with van der Waals surface area (Å²) < 4.78 is 19.2. The van der Waals surface area contributed by atoms with E-state index < -0.39 is 0 Å². The van der Waals surface area contributed by atoms with Crippen LogP contribution in [0.2, 0.25) is 10.0 Å². The Morgan fingerprint density at radius 3 is 2.55 bits per heavy atom. The lowest BCUT2D eigenvalue weighted by atomic mass is 10.1. The van der Waals surface area contributed by atoms with Gasteiger partial charge >= 0.3 is 0 Å². The molecular weight excluding hydrogens is 300 g/mol. The van der Waals surface area contributed by atoms with E-state index in [0.717, 1.165) is 0 Å². The maximum absolute atomic E-state index is 13.4. The summed E-state index contributed by atoms with van der Waals surface area (Å²) in [6.45, 7) is 1.92. The number of ether oxygens (including phenoxy) is 1. The molecule has 2 rings (SSSR count). The Balaban J connectivity index is 2.40. The first-order chi connectivity index (χ1) is 9.51. The number of rotatable bonds is 4. The molecule has 0 amide bonds. The van der Waals surface area contributed by atoms with E-state index in [1.807, 2.05) is 6.92 Å². The fourth-order valence-corrected chi connectivity index (χ4v) is 2.10. The van der Waals surface area contributed by atoms with Crippen molar-refractivity contribution in [3.8, 4) is 11.5 Å². The van der Waals surface area contributed by atoms with Crippen LogP contribution >= 0.6 is 23.2 Å². The minimum Gasteiger partial charge on any atom is -0.455 e. The molecule has 0 saturated carbocycles. The zero-order chi connectivity index (χ0) is 14.7. The Morgan fingerprint density at radius 2 is 1.85 bits per heavy atom. The highest BCUT2D eigenvalue weighted by Crippen LogP contribution is 2.35. The van der Waals surface area contributed by atoms with E-state index in [0.29, 0.717) is 27.1 Å². The zero-order valence-corrected chi connectivity index (χ0v) is 12.6. The Morgan fingerprint density at radius 1 is 1.10 bits per heavy atom. The van der Waals surface area contributed by atoms with E-state index in [9.17, 15) is 4.39 Å². The van der Waals surface area contributed by atoms with E-state index in [1.165, 1.54) is 12.1 Å². The Bertz CT molecular complexity index is 619. The molecular formula is C15H14Cl2FNO. The van der Waals surface area contributed by atoms with Crippen LogP contribution in [0.3, 0.4) is 0 Å². The summed E-state index contributed by atoms with van der Waals surface area (Å²) in [6, 6.07) is 9.27. The SMILES string of the molecule is CNC(C)c1cc(F)ccc1Oc1cc(Cl)ccc1Cl. The van der Waals surface area contributed by atoms with Gasteiger partial charge in [-0.05, 0) is 44.3 Å². The molecule has 2 aromatic carbocycles. The van der Waals surface area contributed by atoms with Gasteiger partial charge in [0.1, 0.15) is 17.3 Å². The normalized spacial score (nSPS) is 12.2.